The first-order valence-electron chi connectivity index (χ1n) is 11.3. The second kappa shape index (κ2) is 9.17. The molecule has 1 aliphatic heterocycles. The van der Waals surface area contributed by atoms with Crippen LogP contribution in [0.5, 0.6) is 0 Å². The lowest BCUT2D eigenvalue weighted by Gasteiger charge is -2.44. The molecule has 33 heavy (non-hydrogen) atoms. The Bertz CT molecular complexity index is 1090. The van der Waals surface area contributed by atoms with E-state index in [1.54, 1.807) is 25.1 Å². The van der Waals surface area contributed by atoms with Crippen molar-refractivity contribution in [1.29, 1.82) is 0 Å². The molecule has 2 aliphatic rings. The number of fused-ring (bicyclic) bond motifs is 1. The van der Waals surface area contributed by atoms with Gasteiger partial charge >= 0.3 is 5.97 Å². The average Bonchev–Trinajstić information content (AvgIpc) is 3.03. The molecule has 1 aliphatic carbocycles. The number of ether oxygens (including phenoxy) is 1. The Hall–Kier alpha value is -2.87. The fourth-order valence-electron chi connectivity index (χ4n) is 4.80. The number of rotatable bonds is 4. The largest absolute Gasteiger partial charge is 0.464 e. The van der Waals surface area contributed by atoms with Gasteiger partial charge in [-0.15, -0.1) is 0 Å². The molecule has 2 amide bonds. The molecule has 4 rings (SSSR count). The highest BCUT2D eigenvalue weighted by Gasteiger charge is 2.50. The smallest absolute Gasteiger partial charge is 0.358 e. The fourth-order valence-corrected chi connectivity index (χ4v) is 5.02. The molecule has 1 fully saturated rings. The summed E-state index contributed by atoms with van der Waals surface area (Å²) in [5.41, 5.74) is 0.362. The van der Waals surface area contributed by atoms with Gasteiger partial charge in [0.2, 0.25) is 5.91 Å². The number of nitrogens with one attached hydrogen (secondary N) is 1. The maximum absolute atomic E-state index is 13.8. The summed E-state index contributed by atoms with van der Waals surface area (Å²) in [6.07, 6.45) is 6.35. The summed E-state index contributed by atoms with van der Waals surface area (Å²) < 4.78 is 6.20. The number of aryl methyl sites for hydroxylation is 1. The molecular weight excluding hydrogens is 444 g/mol. The van der Waals surface area contributed by atoms with Crippen LogP contribution in [-0.4, -0.2) is 46.3 Å². The number of benzene rings is 1. The lowest BCUT2D eigenvalue weighted by Crippen LogP contribution is -2.65. The first kappa shape index (κ1) is 23.3. The molecule has 1 aromatic heterocycles. The quantitative estimate of drug-likeness (QED) is 0.538. The van der Waals surface area contributed by atoms with Crippen molar-refractivity contribution < 1.29 is 19.1 Å². The first-order chi connectivity index (χ1) is 15.7. The summed E-state index contributed by atoms with van der Waals surface area (Å²) >= 11 is 6.16. The summed E-state index contributed by atoms with van der Waals surface area (Å²) in [6.45, 7) is 3.70. The molecule has 2 heterocycles. The van der Waals surface area contributed by atoms with Crippen LogP contribution in [-0.2, 0) is 16.1 Å². The van der Waals surface area contributed by atoms with Gasteiger partial charge in [0.1, 0.15) is 11.2 Å². The van der Waals surface area contributed by atoms with Crippen molar-refractivity contribution in [2.75, 3.05) is 12.0 Å². The molecule has 0 spiro atoms. The van der Waals surface area contributed by atoms with Gasteiger partial charge in [0.05, 0.1) is 13.7 Å². The lowest BCUT2D eigenvalue weighted by molar-refractivity contribution is -0.127. The SMILES string of the molecule is COC(=O)c1cc2n(n1)CC(C)(C(=O)NC1CCCCCC1)N(c1ccc(Cl)cc1C)C2=O. The topological polar surface area (TPSA) is 93.5 Å². The molecule has 8 nitrogen and oxygen atoms in total. The predicted octanol–water partition coefficient (Wildman–Crippen LogP) is 3.89. The number of hydrogen-bond donors (Lipinski definition) is 1. The number of amides is 2. The minimum absolute atomic E-state index is 0.0297. The van der Waals surface area contributed by atoms with Crippen LogP contribution in [0.15, 0.2) is 24.3 Å². The number of esters is 1. The van der Waals surface area contributed by atoms with E-state index in [2.05, 4.69) is 10.4 Å². The lowest BCUT2D eigenvalue weighted by atomic mass is 9.92. The van der Waals surface area contributed by atoms with Crippen LogP contribution in [0.25, 0.3) is 0 Å². The Morgan fingerprint density at radius 3 is 2.52 bits per heavy atom. The van der Waals surface area contributed by atoms with Crippen LogP contribution in [0.1, 0.15) is 72.0 Å². The Balaban J connectivity index is 1.77. The van der Waals surface area contributed by atoms with E-state index >= 15 is 0 Å². The highest BCUT2D eigenvalue weighted by molar-refractivity contribution is 6.30. The van der Waals surface area contributed by atoms with Gasteiger partial charge in [-0.05, 0) is 50.5 Å². The van der Waals surface area contributed by atoms with E-state index in [-0.39, 0.29) is 29.9 Å². The maximum Gasteiger partial charge on any atom is 0.358 e. The Morgan fingerprint density at radius 2 is 1.88 bits per heavy atom. The molecule has 176 valence electrons. The Kier molecular flexibility index (Phi) is 6.47. The van der Waals surface area contributed by atoms with E-state index in [1.165, 1.54) is 35.6 Å². The van der Waals surface area contributed by atoms with E-state index in [4.69, 9.17) is 16.3 Å². The summed E-state index contributed by atoms with van der Waals surface area (Å²) in [4.78, 5) is 41.1. The summed E-state index contributed by atoms with van der Waals surface area (Å²) in [6, 6.07) is 6.70. The van der Waals surface area contributed by atoms with Crippen LogP contribution < -0.4 is 10.2 Å². The number of methoxy groups -OCH3 is 1. The van der Waals surface area contributed by atoms with Crippen molar-refractivity contribution in [2.24, 2.45) is 0 Å². The van der Waals surface area contributed by atoms with Gasteiger partial charge in [0.25, 0.3) is 5.91 Å². The number of hydrogen-bond acceptors (Lipinski definition) is 5. The molecule has 1 atom stereocenters. The molecule has 1 unspecified atom stereocenters. The molecule has 0 bridgehead atoms. The maximum atomic E-state index is 13.8. The van der Waals surface area contributed by atoms with Crippen molar-refractivity contribution in [1.82, 2.24) is 15.1 Å². The number of nitrogens with zero attached hydrogens (tertiary/aromatic N) is 3. The highest BCUT2D eigenvalue weighted by Crippen LogP contribution is 2.36. The molecular formula is C24H29ClN4O4. The number of carbonyl (C=O) groups excluding carboxylic acids is 3. The van der Waals surface area contributed by atoms with Crippen molar-refractivity contribution >= 4 is 35.1 Å². The van der Waals surface area contributed by atoms with Gasteiger partial charge in [-0.2, -0.15) is 5.10 Å². The number of carbonyl (C=O) groups is 3. The number of anilines is 1. The van der Waals surface area contributed by atoms with Crippen molar-refractivity contribution in [3.63, 3.8) is 0 Å². The molecule has 0 saturated heterocycles. The van der Waals surface area contributed by atoms with Crippen molar-refractivity contribution in [3.8, 4) is 0 Å². The molecule has 2 aromatic rings. The van der Waals surface area contributed by atoms with E-state index in [9.17, 15) is 14.4 Å². The third-order valence-electron chi connectivity index (χ3n) is 6.63. The zero-order chi connectivity index (χ0) is 23.8. The van der Waals surface area contributed by atoms with E-state index in [1.807, 2.05) is 6.92 Å². The van der Waals surface area contributed by atoms with Crippen LogP contribution in [0.4, 0.5) is 5.69 Å². The summed E-state index contributed by atoms with van der Waals surface area (Å²) in [5.74, 6) is -1.28. The van der Waals surface area contributed by atoms with Crippen LogP contribution in [0.3, 0.4) is 0 Å². The zero-order valence-electron chi connectivity index (χ0n) is 19.2. The predicted molar refractivity (Wildman–Crippen MR) is 125 cm³/mol. The van der Waals surface area contributed by atoms with Gasteiger partial charge < -0.3 is 10.1 Å². The minimum atomic E-state index is -1.26. The van der Waals surface area contributed by atoms with Crippen LogP contribution in [0, 0.1) is 6.92 Å². The summed E-state index contributed by atoms with van der Waals surface area (Å²) in [5, 5.41) is 8.01. The van der Waals surface area contributed by atoms with E-state index < -0.39 is 17.4 Å². The van der Waals surface area contributed by atoms with Crippen molar-refractivity contribution in [3.05, 3.63) is 46.2 Å². The minimum Gasteiger partial charge on any atom is -0.464 e. The van der Waals surface area contributed by atoms with Gasteiger partial charge in [0.15, 0.2) is 5.69 Å². The normalized spacial score (nSPS) is 21.3. The fraction of sp³-hybridized carbons (Fsp3) is 0.500. The Morgan fingerprint density at radius 1 is 1.18 bits per heavy atom. The summed E-state index contributed by atoms with van der Waals surface area (Å²) in [7, 11) is 1.26. The second-order valence-electron chi connectivity index (χ2n) is 9.07. The average molecular weight is 473 g/mol. The number of halogens is 1. The Labute approximate surface area is 198 Å². The molecule has 9 heteroatoms. The standard InChI is InChI=1S/C24H29ClN4O4/c1-15-12-16(25)10-11-19(15)29-21(30)20-13-18(22(31)33-3)27-28(20)14-24(29,2)23(32)26-17-8-6-4-5-7-9-17/h10-13,17H,4-9,14H2,1-3H3,(H,26,32). The molecule has 1 N–H and O–H groups in total. The monoisotopic (exact) mass is 472 g/mol. The number of aromatic nitrogens is 2. The van der Waals surface area contributed by atoms with Crippen LogP contribution >= 0.6 is 11.6 Å². The van der Waals surface area contributed by atoms with Crippen LogP contribution in [0.2, 0.25) is 5.02 Å². The van der Waals surface area contributed by atoms with Gasteiger partial charge in [-0.25, -0.2) is 4.79 Å². The van der Waals surface area contributed by atoms with Gasteiger partial charge in [-0.3, -0.25) is 19.2 Å². The second-order valence-corrected chi connectivity index (χ2v) is 9.51. The molecule has 1 aromatic carbocycles. The molecule has 1 saturated carbocycles. The highest BCUT2D eigenvalue weighted by atomic mass is 35.5. The first-order valence-corrected chi connectivity index (χ1v) is 11.7. The van der Waals surface area contributed by atoms with E-state index in [0.717, 1.165) is 31.2 Å². The zero-order valence-corrected chi connectivity index (χ0v) is 19.9. The van der Waals surface area contributed by atoms with Gasteiger partial charge in [-0.1, -0.05) is 37.3 Å². The van der Waals surface area contributed by atoms with E-state index in [0.29, 0.717) is 10.7 Å². The van der Waals surface area contributed by atoms with Crippen molar-refractivity contribution in [2.45, 2.75) is 70.5 Å². The van der Waals surface area contributed by atoms with Gasteiger partial charge in [0, 0.05) is 22.8 Å². The third kappa shape index (κ3) is 4.36. The molecule has 0 radical (unpaired) electrons. The third-order valence-corrected chi connectivity index (χ3v) is 6.86.